The fourth-order valence-electron chi connectivity index (χ4n) is 1.50. The smallest absolute Gasteiger partial charge is 0.324 e. The zero-order valence-electron chi connectivity index (χ0n) is 11.2. The standard InChI is InChI=1S/C12H15ClFNO4S/c1-7(2)11(12(16)19-3)15-20(17,18)10-6-8(14)4-5-9(10)13/h4-7,11,15H,1-3H3. The minimum atomic E-state index is -4.14. The van der Waals surface area contributed by atoms with Crippen LogP contribution in [0, 0.1) is 11.7 Å². The lowest BCUT2D eigenvalue weighted by Gasteiger charge is -2.20. The van der Waals surface area contributed by atoms with Crippen LogP contribution >= 0.6 is 11.6 Å². The molecular formula is C12H15ClFNO4S. The maximum absolute atomic E-state index is 13.2. The summed E-state index contributed by atoms with van der Waals surface area (Å²) < 4.78 is 44.2. The van der Waals surface area contributed by atoms with E-state index in [0.717, 1.165) is 25.3 Å². The summed E-state index contributed by atoms with van der Waals surface area (Å²) in [5.41, 5.74) is 0. The zero-order valence-corrected chi connectivity index (χ0v) is 12.8. The third kappa shape index (κ3) is 3.91. The molecule has 1 aromatic rings. The minimum absolute atomic E-state index is 0.133. The Labute approximate surface area is 122 Å². The van der Waals surface area contributed by atoms with Gasteiger partial charge in [0.05, 0.1) is 12.1 Å². The number of hydrogen-bond donors (Lipinski definition) is 1. The lowest BCUT2D eigenvalue weighted by Crippen LogP contribution is -2.45. The van der Waals surface area contributed by atoms with Crippen molar-refractivity contribution in [2.75, 3.05) is 7.11 Å². The van der Waals surface area contributed by atoms with E-state index in [2.05, 4.69) is 9.46 Å². The number of carbonyl (C=O) groups is 1. The zero-order chi connectivity index (χ0) is 15.5. The van der Waals surface area contributed by atoms with Gasteiger partial charge in [0.25, 0.3) is 0 Å². The molecule has 0 bridgehead atoms. The molecule has 0 radical (unpaired) electrons. The summed E-state index contributed by atoms with van der Waals surface area (Å²) in [6.07, 6.45) is 0. The Morgan fingerprint density at radius 3 is 2.50 bits per heavy atom. The first-order valence-corrected chi connectivity index (χ1v) is 7.60. The summed E-state index contributed by atoms with van der Waals surface area (Å²) >= 11 is 5.76. The number of ether oxygens (including phenoxy) is 1. The van der Waals surface area contributed by atoms with Crippen LogP contribution in [-0.4, -0.2) is 27.5 Å². The maximum Gasteiger partial charge on any atom is 0.324 e. The van der Waals surface area contributed by atoms with Crippen molar-refractivity contribution in [1.29, 1.82) is 0 Å². The summed E-state index contributed by atoms with van der Waals surface area (Å²) in [7, 11) is -2.98. The van der Waals surface area contributed by atoms with Crippen LogP contribution in [0.1, 0.15) is 13.8 Å². The highest BCUT2D eigenvalue weighted by Crippen LogP contribution is 2.23. The van der Waals surface area contributed by atoms with Gasteiger partial charge in [-0.15, -0.1) is 0 Å². The second kappa shape index (κ2) is 6.51. The molecule has 0 aliphatic carbocycles. The van der Waals surface area contributed by atoms with Crippen LogP contribution in [0.15, 0.2) is 23.1 Å². The van der Waals surface area contributed by atoms with Crippen molar-refractivity contribution in [3.63, 3.8) is 0 Å². The van der Waals surface area contributed by atoms with E-state index < -0.39 is 32.7 Å². The molecule has 0 amide bonds. The number of sulfonamides is 1. The van der Waals surface area contributed by atoms with Gasteiger partial charge in [-0.1, -0.05) is 25.4 Å². The van der Waals surface area contributed by atoms with E-state index in [0.29, 0.717) is 0 Å². The molecule has 0 aliphatic heterocycles. The van der Waals surface area contributed by atoms with E-state index in [1.54, 1.807) is 13.8 Å². The molecule has 8 heteroatoms. The molecule has 1 atom stereocenters. The van der Waals surface area contributed by atoms with Crippen molar-refractivity contribution in [1.82, 2.24) is 4.72 Å². The highest BCUT2D eigenvalue weighted by atomic mass is 35.5. The van der Waals surface area contributed by atoms with Gasteiger partial charge in [0.1, 0.15) is 16.8 Å². The summed E-state index contributed by atoms with van der Waals surface area (Å²) in [6.45, 7) is 3.30. The number of carbonyl (C=O) groups excluding carboxylic acids is 1. The molecule has 1 aromatic carbocycles. The van der Waals surface area contributed by atoms with Gasteiger partial charge in [0.15, 0.2) is 0 Å². The van der Waals surface area contributed by atoms with Gasteiger partial charge in [-0.2, -0.15) is 4.72 Å². The third-order valence-electron chi connectivity index (χ3n) is 2.59. The van der Waals surface area contributed by atoms with Crippen LogP contribution in [0.3, 0.4) is 0 Å². The van der Waals surface area contributed by atoms with Crippen LogP contribution in [0.4, 0.5) is 4.39 Å². The quantitative estimate of drug-likeness (QED) is 0.841. The van der Waals surface area contributed by atoms with Crippen molar-refractivity contribution in [3.05, 3.63) is 29.0 Å². The Morgan fingerprint density at radius 2 is 2.00 bits per heavy atom. The number of nitrogens with one attached hydrogen (secondary N) is 1. The lowest BCUT2D eigenvalue weighted by atomic mass is 10.1. The Hall–Kier alpha value is -1.18. The maximum atomic E-state index is 13.2. The van der Waals surface area contributed by atoms with Crippen molar-refractivity contribution >= 4 is 27.6 Å². The molecule has 0 aliphatic rings. The molecule has 1 rings (SSSR count). The highest BCUT2D eigenvalue weighted by Gasteiger charge is 2.30. The second-order valence-corrected chi connectivity index (χ2v) is 6.53. The Morgan fingerprint density at radius 1 is 1.40 bits per heavy atom. The molecule has 0 fully saturated rings. The highest BCUT2D eigenvalue weighted by molar-refractivity contribution is 7.89. The predicted molar refractivity (Wildman–Crippen MR) is 72.4 cm³/mol. The number of halogens is 2. The number of hydrogen-bond acceptors (Lipinski definition) is 4. The van der Waals surface area contributed by atoms with Crippen LogP contribution in [-0.2, 0) is 19.6 Å². The predicted octanol–water partition coefficient (Wildman–Crippen LogP) is 1.95. The second-order valence-electron chi connectivity index (χ2n) is 4.44. The van der Waals surface area contributed by atoms with Crippen LogP contribution in [0.5, 0.6) is 0 Å². The molecule has 1 unspecified atom stereocenters. The molecule has 112 valence electrons. The van der Waals surface area contributed by atoms with Gasteiger partial charge in [0.2, 0.25) is 10.0 Å². The van der Waals surface area contributed by atoms with E-state index >= 15 is 0 Å². The number of methoxy groups -OCH3 is 1. The average Bonchev–Trinajstić information content (AvgIpc) is 2.37. The van der Waals surface area contributed by atoms with Gasteiger partial charge in [0, 0.05) is 0 Å². The summed E-state index contributed by atoms with van der Waals surface area (Å²) in [6, 6.07) is 1.89. The molecule has 0 heterocycles. The Kier molecular flexibility index (Phi) is 5.50. The van der Waals surface area contributed by atoms with Crippen LogP contribution in [0.25, 0.3) is 0 Å². The monoisotopic (exact) mass is 323 g/mol. The first kappa shape index (κ1) is 16.9. The molecule has 20 heavy (non-hydrogen) atoms. The molecule has 1 N–H and O–H groups in total. The lowest BCUT2D eigenvalue weighted by molar-refractivity contribution is -0.143. The summed E-state index contributed by atoms with van der Waals surface area (Å²) in [5, 5.41) is -0.133. The first-order chi connectivity index (χ1) is 9.19. The largest absolute Gasteiger partial charge is 0.468 e. The van der Waals surface area contributed by atoms with Crippen molar-refractivity contribution in [2.24, 2.45) is 5.92 Å². The number of esters is 1. The van der Waals surface area contributed by atoms with Crippen LogP contribution in [0.2, 0.25) is 5.02 Å². The first-order valence-electron chi connectivity index (χ1n) is 5.74. The topological polar surface area (TPSA) is 72.5 Å². The van der Waals surface area contributed by atoms with Gasteiger partial charge < -0.3 is 4.74 Å². The average molecular weight is 324 g/mol. The minimum Gasteiger partial charge on any atom is -0.468 e. The molecular weight excluding hydrogens is 309 g/mol. The SMILES string of the molecule is COC(=O)C(NS(=O)(=O)c1cc(F)ccc1Cl)C(C)C. The van der Waals surface area contributed by atoms with E-state index in [4.69, 9.17) is 11.6 Å². The van der Waals surface area contributed by atoms with Crippen molar-refractivity contribution in [2.45, 2.75) is 24.8 Å². The number of rotatable bonds is 5. The van der Waals surface area contributed by atoms with E-state index in [1.165, 1.54) is 0 Å². The fraction of sp³-hybridized carbons (Fsp3) is 0.417. The van der Waals surface area contributed by atoms with Crippen molar-refractivity contribution < 1.29 is 22.3 Å². The fourth-order valence-corrected chi connectivity index (χ4v) is 3.34. The van der Waals surface area contributed by atoms with E-state index in [9.17, 15) is 17.6 Å². The molecule has 0 spiro atoms. The van der Waals surface area contributed by atoms with E-state index in [-0.39, 0.29) is 10.9 Å². The molecule has 0 aromatic heterocycles. The summed E-state index contributed by atoms with van der Waals surface area (Å²) in [4.78, 5) is 11.1. The Balaban J connectivity index is 3.16. The van der Waals surface area contributed by atoms with Crippen molar-refractivity contribution in [3.8, 4) is 0 Å². The molecule has 5 nitrogen and oxygen atoms in total. The third-order valence-corrected chi connectivity index (χ3v) is 4.51. The van der Waals surface area contributed by atoms with Crippen LogP contribution < -0.4 is 4.72 Å². The molecule has 0 saturated heterocycles. The number of benzene rings is 1. The van der Waals surface area contributed by atoms with Gasteiger partial charge >= 0.3 is 5.97 Å². The van der Waals surface area contributed by atoms with Gasteiger partial charge in [-0.3, -0.25) is 4.79 Å². The van der Waals surface area contributed by atoms with E-state index in [1.807, 2.05) is 0 Å². The normalized spacial score (nSPS) is 13.3. The molecule has 0 saturated carbocycles. The summed E-state index contributed by atoms with van der Waals surface area (Å²) in [5.74, 6) is -1.81. The van der Waals surface area contributed by atoms with Gasteiger partial charge in [-0.05, 0) is 24.1 Å². The van der Waals surface area contributed by atoms with Gasteiger partial charge in [-0.25, -0.2) is 12.8 Å². The Bertz CT molecular complexity index is 603.